The molecule has 0 aliphatic carbocycles. The number of methoxy groups -OCH3 is 2. The lowest BCUT2D eigenvalue weighted by molar-refractivity contribution is 0.210. The Kier molecular flexibility index (Phi) is 5.53. The number of halogens is 1. The van der Waals surface area contributed by atoms with Crippen LogP contribution < -0.4 is 15.4 Å². The second-order valence-electron chi connectivity index (χ2n) is 5.30. The molecule has 6 nitrogen and oxygen atoms in total. The first-order valence-corrected chi connectivity index (χ1v) is 8.19. The number of anilines is 3. The van der Waals surface area contributed by atoms with Crippen LogP contribution in [0.1, 0.15) is 0 Å². The summed E-state index contributed by atoms with van der Waals surface area (Å²) in [6, 6.07) is 13.2. The second kappa shape index (κ2) is 8.00. The fourth-order valence-electron chi connectivity index (χ4n) is 2.44. The highest BCUT2D eigenvalue weighted by molar-refractivity contribution is 6.31. The van der Waals surface area contributed by atoms with E-state index in [9.17, 15) is 0 Å². The lowest BCUT2D eigenvalue weighted by Gasteiger charge is -2.13. The molecule has 0 amide bonds. The third-order valence-electron chi connectivity index (χ3n) is 3.61. The summed E-state index contributed by atoms with van der Waals surface area (Å²) in [6.45, 7) is 1.24. The lowest BCUT2D eigenvalue weighted by Crippen LogP contribution is -2.10. The van der Waals surface area contributed by atoms with Gasteiger partial charge in [-0.2, -0.15) is 4.98 Å². The van der Waals surface area contributed by atoms with Crippen molar-refractivity contribution in [3.8, 4) is 5.75 Å². The number of fused-ring (bicyclic) bond motifs is 1. The molecular weight excluding hydrogens is 340 g/mol. The van der Waals surface area contributed by atoms with E-state index in [4.69, 9.17) is 21.1 Å². The Morgan fingerprint density at radius 2 is 1.92 bits per heavy atom. The number of hydrogen-bond acceptors (Lipinski definition) is 6. The minimum absolute atomic E-state index is 0.458. The van der Waals surface area contributed by atoms with Gasteiger partial charge in [-0.15, -0.1) is 0 Å². The Balaban J connectivity index is 1.97. The van der Waals surface area contributed by atoms with Crippen LogP contribution in [0.4, 0.5) is 17.5 Å². The van der Waals surface area contributed by atoms with Crippen molar-refractivity contribution in [2.24, 2.45) is 0 Å². The van der Waals surface area contributed by atoms with E-state index < -0.39 is 0 Å². The Bertz CT molecular complexity index is 873. The molecule has 0 radical (unpaired) electrons. The summed E-state index contributed by atoms with van der Waals surface area (Å²) in [7, 11) is 3.27. The second-order valence-corrected chi connectivity index (χ2v) is 5.74. The molecule has 3 aromatic rings. The Morgan fingerprint density at radius 3 is 2.72 bits per heavy atom. The van der Waals surface area contributed by atoms with E-state index in [1.165, 1.54) is 0 Å². The van der Waals surface area contributed by atoms with Crippen molar-refractivity contribution in [1.29, 1.82) is 0 Å². The van der Waals surface area contributed by atoms with E-state index in [1.807, 2.05) is 24.3 Å². The molecule has 2 N–H and O–H groups in total. The number of aromatic nitrogens is 2. The van der Waals surface area contributed by atoms with Gasteiger partial charge in [0.15, 0.2) is 0 Å². The average molecular weight is 359 g/mol. The van der Waals surface area contributed by atoms with E-state index >= 15 is 0 Å². The van der Waals surface area contributed by atoms with Gasteiger partial charge < -0.3 is 20.1 Å². The summed E-state index contributed by atoms with van der Waals surface area (Å²) in [6.07, 6.45) is 0. The van der Waals surface area contributed by atoms with Crippen molar-refractivity contribution in [3.05, 3.63) is 47.5 Å². The topological polar surface area (TPSA) is 68.3 Å². The largest absolute Gasteiger partial charge is 0.495 e. The maximum Gasteiger partial charge on any atom is 0.229 e. The molecule has 25 heavy (non-hydrogen) atoms. The van der Waals surface area contributed by atoms with Crippen LogP contribution >= 0.6 is 11.6 Å². The van der Waals surface area contributed by atoms with Crippen molar-refractivity contribution in [2.45, 2.75) is 0 Å². The molecule has 0 atom stereocenters. The number of nitrogens with zero attached hydrogens (tertiary/aromatic N) is 2. The average Bonchev–Trinajstić information content (AvgIpc) is 2.62. The number of ether oxygens (including phenoxy) is 2. The van der Waals surface area contributed by atoms with Crippen LogP contribution in [-0.2, 0) is 4.74 Å². The molecule has 0 aliphatic rings. The summed E-state index contributed by atoms with van der Waals surface area (Å²) >= 11 is 6.09. The van der Waals surface area contributed by atoms with Crippen molar-refractivity contribution < 1.29 is 9.47 Å². The fraction of sp³-hybridized carbons (Fsp3) is 0.222. The van der Waals surface area contributed by atoms with Gasteiger partial charge in [0, 0.05) is 24.1 Å². The van der Waals surface area contributed by atoms with Crippen LogP contribution in [0.5, 0.6) is 5.75 Å². The zero-order valence-electron chi connectivity index (χ0n) is 14.0. The normalized spacial score (nSPS) is 10.7. The van der Waals surface area contributed by atoms with Gasteiger partial charge in [0.05, 0.1) is 24.9 Å². The molecule has 0 saturated heterocycles. The molecule has 3 rings (SSSR count). The lowest BCUT2D eigenvalue weighted by atomic mass is 10.2. The zero-order chi connectivity index (χ0) is 17.6. The number of para-hydroxylation sites is 1. The van der Waals surface area contributed by atoms with E-state index in [2.05, 4.69) is 20.6 Å². The van der Waals surface area contributed by atoms with Crippen molar-refractivity contribution >= 4 is 40.0 Å². The van der Waals surface area contributed by atoms with Gasteiger partial charge in [-0.05, 0) is 30.3 Å². The maximum atomic E-state index is 6.09. The molecule has 130 valence electrons. The number of benzene rings is 2. The van der Waals surface area contributed by atoms with Crippen LogP contribution in [0.3, 0.4) is 0 Å². The van der Waals surface area contributed by atoms with Crippen molar-refractivity contribution in [1.82, 2.24) is 9.97 Å². The van der Waals surface area contributed by atoms with Gasteiger partial charge in [-0.1, -0.05) is 23.7 Å². The number of hydrogen-bond donors (Lipinski definition) is 2. The third kappa shape index (κ3) is 4.10. The molecular formula is C18H19ClN4O2. The van der Waals surface area contributed by atoms with Crippen LogP contribution in [-0.4, -0.2) is 37.3 Å². The molecule has 0 bridgehead atoms. The smallest absolute Gasteiger partial charge is 0.229 e. The molecule has 7 heteroatoms. The van der Waals surface area contributed by atoms with Gasteiger partial charge in [0.1, 0.15) is 11.6 Å². The number of rotatable bonds is 7. The SMILES string of the molecule is COCCNc1nc(Nc2cc(Cl)ccc2OC)nc2ccccc12. The van der Waals surface area contributed by atoms with Crippen LogP contribution in [0.2, 0.25) is 5.02 Å². The van der Waals surface area contributed by atoms with Gasteiger partial charge in [-0.25, -0.2) is 4.98 Å². The Morgan fingerprint density at radius 1 is 1.08 bits per heavy atom. The monoisotopic (exact) mass is 358 g/mol. The fourth-order valence-corrected chi connectivity index (χ4v) is 2.61. The quantitative estimate of drug-likeness (QED) is 0.620. The Labute approximate surface area is 151 Å². The maximum absolute atomic E-state index is 6.09. The Hall–Kier alpha value is -2.57. The molecule has 0 aliphatic heterocycles. The first kappa shape index (κ1) is 17.3. The minimum atomic E-state index is 0.458. The summed E-state index contributed by atoms with van der Waals surface area (Å²) in [5.41, 5.74) is 1.54. The summed E-state index contributed by atoms with van der Waals surface area (Å²) in [5, 5.41) is 8.01. The van der Waals surface area contributed by atoms with Gasteiger partial charge >= 0.3 is 0 Å². The summed E-state index contributed by atoms with van der Waals surface area (Å²) in [5.74, 6) is 1.86. The molecule has 1 heterocycles. The van der Waals surface area contributed by atoms with Gasteiger partial charge in [0.25, 0.3) is 0 Å². The van der Waals surface area contributed by atoms with Gasteiger partial charge in [0.2, 0.25) is 5.95 Å². The van der Waals surface area contributed by atoms with Crippen molar-refractivity contribution in [3.63, 3.8) is 0 Å². The van der Waals surface area contributed by atoms with E-state index in [0.29, 0.717) is 35.6 Å². The molecule has 0 spiro atoms. The zero-order valence-corrected chi connectivity index (χ0v) is 14.8. The molecule has 2 aromatic carbocycles. The molecule has 1 aromatic heterocycles. The highest BCUT2D eigenvalue weighted by Gasteiger charge is 2.10. The summed E-state index contributed by atoms with van der Waals surface area (Å²) in [4.78, 5) is 9.16. The third-order valence-corrected chi connectivity index (χ3v) is 3.84. The molecule has 0 saturated carbocycles. The summed E-state index contributed by atoms with van der Waals surface area (Å²) < 4.78 is 10.5. The van der Waals surface area contributed by atoms with Gasteiger partial charge in [-0.3, -0.25) is 0 Å². The first-order valence-electron chi connectivity index (χ1n) is 7.81. The minimum Gasteiger partial charge on any atom is -0.495 e. The predicted molar refractivity (Wildman–Crippen MR) is 101 cm³/mol. The van der Waals surface area contributed by atoms with Crippen LogP contribution in [0, 0.1) is 0 Å². The highest BCUT2D eigenvalue weighted by atomic mass is 35.5. The highest BCUT2D eigenvalue weighted by Crippen LogP contribution is 2.31. The molecule has 0 unspecified atom stereocenters. The predicted octanol–water partition coefficient (Wildman–Crippen LogP) is 4.09. The van der Waals surface area contributed by atoms with Crippen molar-refractivity contribution in [2.75, 3.05) is 38.0 Å². The van der Waals surface area contributed by atoms with Crippen LogP contribution in [0.15, 0.2) is 42.5 Å². The van der Waals surface area contributed by atoms with E-state index in [1.54, 1.807) is 32.4 Å². The first-order chi connectivity index (χ1) is 12.2. The van der Waals surface area contributed by atoms with E-state index in [0.717, 1.165) is 16.7 Å². The number of nitrogens with one attached hydrogen (secondary N) is 2. The molecule has 0 fully saturated rings. The standard InChI is InChI=1S/C18H19ClN4O2/c1-24-10-9-20-17-13-5-3-4-6-14(13)21-18(23-17)22-15-11-12(19)7-8-16(15)25-2/h3-8,11H,9-10H2,1-2H3,(H2,20,21,22,23). The van der Waals surface area contributed by atoms with Crippen LogP contribution in [0.25, 0.3) is 10.9 Å². The van der Waals surface area contributed by atoms with E-state index in [-0.39, 0.29) is 0 Å².